The number of ether oxygens (including phenoxy) is 2. The lowest BCUT2D eigenvalue weighted by Gasteiger charge is -2.11. The van der Waals surface area contributed by atoms with Gasteiger partial charge in [0.05, 0.1) is 12.7 Å². The predicted molar refractivity (Wildman–Crippen MR) is 79.9 cm³/mol. The number of carboxylic acids is 1. The van der Waals surface area contributed by atoms with Crippen molar-refractivity contribution in [3.05, 3.63) is 34.3 Å². The van der Waals surface area contributed by atoms with Crippen molar-refractivity contribution < 1.29 is 19.4 Å². The van der Waals surface area contributed by atoms with Crippen molar-refractivity contribution >= 4 is 28.0 Å². The van der Waals surface area contributed by atoms with Crippen LogP contribution >= 0.6 is 15.9 Å². The van der Waals surface area contributed by atoms with Crippen molar-refractivity contribution in [3.8, 4) is 5.75 Å². The monoisotopic (exact) mass is 340 g/mol. The lowest BCUT2D eigenvalue weighted by molar-refractivity contribution is -0.131. The minimum atomic E-state index is -0.971. The van der Waals surface area contributed by atoms with Crippen LogP contribution in [-0.2, 0) is 9.53 Å². The molecule has 1 aromatic carbocycles. The van der Waals surface area contributed by atoms with Gasteiger partial charge in [-0.15, -0.1) is 0 Å². The first kappa shape index (κ1) is 15.1. The van der Waals surface area contributed by atoms with Gasteiger partial charge < -0.3 is 14.6 Å². The van der Waals surface area contributed by atoms with Gasteiger partial charge in [0.1, 0.15) is 5.75 Å². The third-order valence-corrected chi connectivity index (χ3v) is 3.83. The van der Waals surface area contributed by atoms with Gasteiger partial charge in [0.2, 0.25) is 0 Å². The molecule has 0 bridgehead atoms. The molecule has 108 valence electrons. The van der Waals surface area contributed by atoms with Crippen LogP contribution in [0.3, 0.4) is 0 Å². The van der Waals surface area contributed by atoms with Crippen molar-refractivity contribution in [1.82, 2.24) is 0 Å². The van der Waals surface area contributed by atoms with Crippen molar-refractivity contribution in [3.63, 3.8) is 0 Å². The zero-order valence-electron chi connectivity index (χ0n) is 11.0. The van der Waals surface area contributed by atoms with E-state index in [1.807, 2.05) is 18.2 Å². The summed E-state index contributed by atoms with van der Waals surface area (Å²) in [6, 6.07) is 5.53. The molecule has 1 saturated heterocycles. The maximum absolute atomic E-state index is 10.5. The van der Waals surface area contributed by atoms with Crippen LogP contribution in [-0.4, -0.2) is 30.4 Å². The van der Waals surface area contributed by atoms with Gasteiger partial charge in [-0.25, -0.2) is 4.79 Å². The molecule has 0 aliphatic carbocycles. The van der Waals surface area contributed by atoms with E-state index in [1.54, 1.807) is 6.08 Å². The molecule has 0 radical (unpaired) electrons. The van der Waals surface area contributed by atoms with E-state index in [-0.39, 0.29) is 0 Å². The molecule has 1 unspecified atom stereocenters. The van der Waals surface area contributed by atoms with Gasteiger partial charge in [0, 0.05) is 23.6 Å². The molecule has 2 rings (SSSR count). The molecule has 1 aromatic rings. The molecular weight excluding hydrogens is 324 g/mol. The molecule has 0 saturated carbocycles. The molecular formula is C15H17BrO4. The van der Waals surface area contributed by atoms with Crippen LogP contribution in [0.25, 0.3) is 6.08 Å². The minimum Gasteiger partial charge on any atom is -0.493 e. The second-order valence-electron chi connectivity index (χ2n) is 4.63. The van der Waals surface area contributed by atoms with Crippen LogP contribution in [0.15, 0.2) is 28.7 Å². The quantitative estimate of drug-likeness (QED) is 0.805. The minimum absolute atomic E-state index is 0.317. The molecule has 0 amide bonds. The Balaban J connectivity index is 1.90. The van der Waals surface area contributed by atoms with Gasteiger partial charge in [-0.3, -0.25) is 0 Å². The number of rotatable bonds is 6. The number of halogens is 1. The highest BCUT2D eigenvalue weighted by Gasteiger charge is 2.15. The summed E-state index contributed by atoms with van der Waals surface area (Å²) in [6.45, 7) is 1.46. The van der Waals surface area contributed by atoms with Crippen molar-refractivity contribution in [2.45, 2.75) is 25.4 Å². The Hall–Kier alpha value is -1.33. The number of carboxylic acid groups (broad SMARTS) is 1. The SMILES string of the molecule is O=C(O)/C=C/c1cc(OCCC2CCCO2)ccc1Br. The molecule has 1 N–H and O–H groups in total. The van der Waals surface area contributed by atoms with Crippen LogP contribution in [0.2, 0.25) is 0 Å². The predicted octanol–water partition coefficient (Wildman–Crippen LogP) is 3.49. The van der Waals surface area contributed by atoms with Gasteiger partial charge in [0.15, 0.2) is 0 Å². The standard InChI is InChI=1S/C15H17BrO4/c16-14-5-4-13(10-11(14)3-6-15(17)18)20-9-7-12-2-1-8-19-12/h3-6,10,12H,1-2,7-9H2,(H,17,18)/b6-3+. The molecule has 1 atom stereocenters. The first-order valence-corrected chi connectivity index (χ1v) is 7.39. The fourth-order valence-corrected chi connectivity index (χ4v) is 2.46. The summed E-state index contributed by atoms with van der Waals surface area (Å²) in [4.78, 5) is 10.5. The van der Waals surface area contributed by atoms with Crippen molar-refractivity contribution in [2.75, 3.05) is 13.2 Å². The maximum atomic E-state index is 10.5. The second kappa shape index (κ2) is 7.45. The number of hydrogen-bond donors (Lipinski definition) is 1. The van der Waals surface area contributed by atoms with Crippen LogP contribution < -0.4 is 4.74 Å². The molecule has 1 aliphatic heterocycles. The third-order valence-electron chi connectivity index (χ3n) is 3.11. The molecule has 1 heterocycles. The average molecular weight is 341 g/mol. The van der Waals surface area contributed by atoms with Crippen molar-refractivity contribution in [1.29, 1.82) is 0 Å². The molecule has 0 aromatic heterocycles. The fourth-order valence-electron chi connectivity index (χ4n) is 2.08. The van der Waals surface area contributed by atoms with Crippen LogP contribution in [0, 0.1) is 0 Å². The Labute approximate surface area is 126 Å². The van der Waals surface area contributed by atoms with Crippen LogP contribution in [0.1, 0.15) is 24.8 Å². The number of benzene rings is 1. The zero-order valence-corrected chi connectivity index (χ0v) is 12.6. The normalized spacial score (nSPS) is 18.6. The van der Waals surface area contributed by atoms with Crippen molar-refractivity contribution in [2.24, 2.45) is 0 Å². The molecule has 5 heteroatoms. The average Bonchev–Trinajstić information content (AvgIpc) is 2.92. The first-order valence-electron chi connectivity index (χ1n) is 6.60. The summed E-state index contributed by atoms with van der Waals surface area (Å²) in [5.74, 6) is -0.238. The first-order chi connectivity index (χ1) is 9.65. The summed E-state index contributed by atoms with van der Waals surface area (Å²) in [5.41, 5.74) is 0.780. The highest BCUT2D eigenvalue weighted by Crippen LogP contribution is 2.24. The smallest absolute Gasteiger partial charge is 0.328 e. The number of carbonyl (C=O) groups is 1. The van der Waals surface area contributed by atoms with Gasteiger partial charge in [-0.2, -0.15) is 0 Å². The highest BCUT2D eigenvalue weighted by atomic mass is 79.9. The van der Waals surface area contributed by atoms with Gasteiger partial charge in [-0.1, -0.05) is 15.9 Å². The lowest BCUT2D eigenvalue weighted by Crippen LogP contribution is -2.10. The van der Waals surface area contributed by atoms with Crippen LogP contribution in [0.4, 0.5) is 0 Å². The number of hydrogen-bond acceptors (Lipinski definition) is 3. The van der Waals surface area contributed by atoms with E-state index in [2.05, 4.69) is 15.9 Å². The summed E-state index contributed by atoms with van der Waals surface area (Å²) in [6.07, 6.45) is 6.09. The maximum Gasteiger partial charge on any atom is 0.328 e. The summed E-state index contributed by atoms with van der Waals surface area (Å²) in [7, 11) is 0. The Morgan fingerprint density at radius 1 is 1.55 bits per heavy atom. The van der Waals surface area contributed by atoms with E-state index in [1.165, 1.54) is 0 Å². The highest BCUT2D eigenvalue weighted by molar-refractivity contribution is 9.10. The largest absolute Gasteiger partial charge is 0.493 e. The van der Waals surface area contributed by atoms with E-state index in [4.69, 9.17) is 14.6 Å². The number of aliphatic carboxylic acids is 1. The fraction of sp³-hybridized carbons (Fsp3) is 0.400. The Morgan fingerprint density at radius 3 is 3.10 bits per heavy atom. The van der Waals surface area contributed by atoms with Gasteiger partial charge >= 0.3 is 5.97 Å². The topological polar surface area (TPSA) is 55.8 Å². The van der Waals surface area contributed by atoms with E-state index >= 15 is 0 Å². The summed E-state index contributed by atoms with van der Waals surface area (Å²) in [5, 5.41) is 8.65. The van der Waals surface area contributed by atoms with E-state index in [0.717, 1.165) is 47.7 Å². The van der Waals surface area contributed by atoms with Gasteiger partial charge in [-0.05, 0) is 42.7 Å². The molecule has 4 nitrogen and oxygen atoms in total. The lowest BCUT2D eigenvalue weighted by atomic mass is 10.2. The van der Waals surface area contributed by atoms with Crippen LogP contribution in [0.5, 0.6) is 5.75 Å². The van der Waals surface area contributed by atoms with E-state index in [0.29, 0.717) is 12.7 Å². The zero-order chi connectivity index (χ0) is 14.4. The Kier molecular flexibility index (Phi) is 5.61. The Morgan fingerprint density at radius 2 is 2.40 bits per heavy atom. The summed E-state index contributed by atoms with van der Waals surface area (Å²) < 4.78 is 12.1. The molecule has 1 fully saturated rings. The summed E-state index contributed by atoms with van der Waals surface area (Å²) >= 11 is 3.38. The molecule has 20 heavy (non-hydrogen) atoms. The Bertz CT molecular complexity index is 493. The third kappa shape index (κ3) is 4.65. The second-order valence-corrected chi connectivity index (χ2v) is 5.48. The van der Waals surface area contributed by atoms with Gasteiger partial charge in [0.25, 0.3) is 0 Å². The molecule has 1 aliphatic rings. The molecule has 0 spiro atoms. The van der Waals surface area contributed by atoms with E-state index < -0.39 is 5.97 Å². The van der Waals surface area contributed by atoms with E-state index in [9.17, 15) is 4.79 Å².